The number of benzene rings is 2. The lowest BCUT2D eigenvalue weighted by Crippen LogP contribution is -1.96. The lowest BCUT2D eigenvalue weighted by Gasteiger charge is -2.07. The van der Waals surface area contributed by atoms with Crippen molar-refractivity contribution in [2.24, 2.45) is 0 Å². The number of para-hydroxylation sites is 1. The van der Waals surface area contributed by atoms with Crippen molar-refractivity contribution in [1.29, 1.82) is 0 Å². The third-order valence-electron chi connectivity index (χ3n) is 3.01. The summed E-state index contributed by atoms with van der Waals surface area (Å²) >= 11 is 0. The van der Waals surface area contributed by atoms with E-state index in [0.29, 0.717) is 17.0 Å². The van der Waals surface area contributed by atoms with Crippen molar-refractivity contribution >= 4 is 0 Å². The van der Waals surface area contributed by atoms with Gasteiger partial charge in [-0.3, -0.25) is 4.57 Å². The Bertz CT molecular complexity index is 704. The zero-order chi connectivity index (χ0) is 13.2. The van der Waals surface area contributed by atoms with Gasteiger partial charge in [-0.1, -0.05) is 30.3 Å². The van der Waals surface area contributed by atoms with Crippen LogP contribution in [0.4, 0.5) is 4.39 Å². The minimum absolute atomic E-state index is 0.236. The quantitative estimate of drug-likeness (QED) is 0.701. The Morgan fingerprint density at radius 1 is 1.05 bits per heavy atom. The minimum atomic E-state index is -0.236. The van der Waals surface area contributed by atoms with Gasteiger partial charge in [-0.25, -0.2) is 4.39 Å². The summed E-state index contributed by atoms with van der Waals surface area (Å²) in [4.78, 5) is 0. The summed E-state index contributed by atoms with van der Waals surface area (Å²) in [5.41, 5.74) is 2.28. The van der Waals surface area contributed by atoms with Crippen LogP contribution in [0.15, 0.2) is 54.9 Å². The third kappa shape index (κ3) is 2.12. The molecule has 0 fully saturated rings. The van der Waals surface area contributed by atoms with Crippen molar-refractivity contribution < 1.29 is 4.39 Å². The molecule has 0 saturated carbocycles. The zero-order valence-electron chi connectivity index (χ0n) is 10.4. The van der Waals surface area contributed by atoms with Gasteiger partial charge in [0.25, 0.3) is 0 Å². The van der Waals surface area contributed by atoms with E-state index in [-0.39, 0.29) is 5.82 Å². The molecule has 0 saturated heterocycles. The van der Waals surface area contributed by atoms with Crippen molar-refractivity contribution in [3.05, 3.63) is 66.2 Å². The molecule has 0 aliphatic rings. The number of aromatic nitrogens is 3. The fraction of sp³-hybridized carbons (Fsp3) is 0.0667. The summed E-state index contributed by atoms with van der Waals surface area (Å²) in [5, 5.41) is 8.00. The molecule has 3 aromatic rings. The zero-order valence-corrected chi connectivity index (χ0v) is 10.4. The monoisotopic (exact) mass is 253 g/mol. The Balaban J connectivity index is 2.12. The van der Waals surface area contributed by atoms with Crippen LogP contribution in [0.1, 0.15) is 5.56 Å². The van der Waals surface area contributed by atoms with E-state index in [2.05, 4.69) is 10.2 Å². The molecule has 0 bridgehead atoms. The number of hydrogen-bond donors (Lipinski definition) is 0. The molecule has 19 heavy (non-hydrogen) atoms. The molecular weight excluding hydrogens is 241 g/mol. The number of nitrogens with zero attached hydrogens (tertiary/aromatic N) is 3. The van der Waals surface area contributed by atoms with Gasteiger partial charge in [0.05, 0.1) is 0 Å². The van der Waals surface area contributed by atoms with E-state index in [0.717, 1.165) is 5.69 Å². The van der Waals surface area contributed by atoms with Gasteiger partial charge in [-0.15, -0.1) is 10.2 Å². The van der Waals surface area contributed by atoms with Crippen molar-refractivity contribution in [2.75, 3.05) is 0 Å². The van der Waals surface area contributed by atoms with Gasteiger partial charge in [0.1, 0.15) is 12.1 Å². The van der Waals surface area contributed by atoms with E-state index >= 15 is 0 Å². The van der Waals surface area contributed by atoms with Gasteiger partial charge < -0.3 is 0 Å². The molecule has 4 heteroatoms. The standard InChI is InChI=1S/C15H12FN3/c1-11-7-8-12(9-14(11)16)15-18-17-10-19(15)13-5-3-2-4-6-13/h2-10H,1H3. The summed E-state index contributed by atoms with van der Waals surface area (Å²) in [7, 11) is 0. The molecule has 0 N–H and O–H groups in total. The van der Waals surface area contributed by atoms with Crippen molar-refractivity contribution in [3.8, 4) is 17.1 Å². The Morgan fingerprint density at radius 3 is 2.58 bits per heavy atom. The molecule has 0 amide bonds. The molecule has 0 radical (unpaired) electrons. The van der Waals surface area contributed by atoms with Crippen molar-refractivity contribution in [1.82, 2.24) is 14.8 Å². The first-order valence-electron chi connectivity index (χ1n) is 5.97. The van der Waals surface area contributed by atoms with Crippen LogP contribution in [0, 0.1) is 12.7 Å². The lowest BCUT2D eigenvalue weighted by atomic mass is 10.1. The predicted molar refractivity (Wildman–Crippen MR) is 71.5 cm³/mol. The highest BCUT2D eigenvalue weighted by Crippen LogP contribution is 2.22. The SMILES string of the molecule is Cc1ccc(-c2nncn2-c2ccccc2)cc1F. The largest absolute Gasteiger partial charge is 0.282 e. The van der Waals surface area contributed by atoms with Crippen LogP contribution in [0.5, 0.6) is 0 Å². The predicted octanol–water partition coefficient (Wildman–Crippen LogP) is 3.38. The first kappa shape index (κ1) is 11.6. The average Bonchev–Trinajstić information content (AvgIpc) is 2.92. The van der Waals surface area contributed by atoms with Crippen LogP contribution in [0.3, 0.4) is 0 Å². The number of hydrogen-bond acceptors (Lipinski definition) is 2. The normalized spacial score (nSPS) is 10.6. The maximum Gasteiger partial charge on any atom is 0.168 e. The molecule has 1 aromatic heterocycles. The number of aryl methyl sites for hydroxylation is 1. The molecule has 0 aliphatic heterocycles. The molecule has 3 nitrogen and oxygen atoms in total. The van der Waals surface area contributed by atoms with Crippen LogP contribution in [0.2, 0.25) is 0 Å². The van der Waals surface area contributed by atoms with Gasteiger partial charge in [-0.2, -0.15) is 0 Å². The molecule has 1 heterocycles. The van der Waals surface area contributed by atoms with Crippen molar-refractivity contribution in [3.63, 3.8) is 0 Å². The first-order chi connectivity index (χ1) is 9.25. The molecule has 0 atom stereocenters. The Hall–Kier alpha value is -2.49. The highest BCUT2D eigenvalue weighted by molar-refractivity contribution is 5.58. The van der Waals surface area contributed by atoms with Gasteiger partial charge in [0, 0.05) is 11.3 Å². The van der Waals surface area contributed by atoms with Gasteiger partial charge in [0.2, 0.25) is 0 Å². The van der Waals surface area contributed by atoms with E-state index in [1.165, 1.54) is 6.07 Å². The van der Waals surface area contributed by atoms with E-state index in [1.54, 1.807) is 19.3 Å². The third-order valence-corrected chi connectivity index (χ3v) is 3.01. The summed E-state index contributed by atoms with van der Waals surface area (Å²) in [6, 6.07) is 14.8. The maximum atomic E-state index is 13.6. The molecule has 0 spiro atoms. The first-order valence-corrected chi connectivity index (χ1v) is 5.97. The average molecular weight is 253 g/mol. The van der Waals surface area contributed by atoms with Crippen LogP contribution in [-0.4, -0.2) is 14.8 Å². The number of halogens is 1. The van der Waals surface area contributed by atoms with Gasteiger partial charge in [-0.05, 0) is 30.7 Å². The summed E-state index contributed by atoms with van der Waals surface area (Å²) in [6.07, 6.45) is 1.63. The molecule has 0 aliphatic carbocycles. The topological polar surface area (TPSA) is 30.7 Å². The van der Waals surface area contributed by atoms with E-state index < -0.39 is 0 Å². The van der Waals surface area contributed by atoms with E-state index in [4.69, 9.17) is 0 Å². The fourth-order valence-electron chi connectivity index (χ4n) is 1.94. The second-order valence-corrected chi connectivity index (χ2v) is 4.32. The second kappa shape index (κ2) is 4.65. The van der Waals surface area contributed by atoms with Crippen LogP contribution in [0.25, 0.3) is 17.1 Å². The molecular formula is C15H12FN3. The van der Waals surface area contributed by atoms with Gasteiger partial charge >= 0.3 is 0 Å². The highest BCUT2D eigenvalue weighted by atomic mass is 19.1. The highest BCUT2D eigenvalue weighted by Gasteiger charge is 2.10. The van der Waals surface area contributed by atoms with E-state index in [9.17, 15) is 4.39 Å². The molecule has 94 valence electrons. The Labute approximate surface area is 110 Å². The summed E-state index contributed by atoms with van der Waals surface area (Å²) < 4.78 is 15.5. The van der Waals surface area contributed by atoms with Crippen LogP contribution < -0.4 is 0 Å². The maximum absolute atomic E-state index is 13.6. The second-order valence-electron chi connectivity index (χ2n) is 4.32. The number of rotatable bonds is 2. The molecule has 2 aromatic carbocycles. The van der Waals surface area contributed by atoms with Crippen molar-refractivity contribution in [2.45, 2.75) is 6.92 Å². The van der Waals surface area contributed by atoms with Crippen LogP contribution in [-0.2, 0) is 0 Å². The van der Waals surface area contributed by atoms with Gasteiger partial charge in [0.15, 0.2) is 5.82 Å². The lowest BCUT2D eigenvalue weighted by molar-refractivity contribution is 0.619. The minimum Gasteiger partial charge on any atom is -0.282 e. The van der Waals surface area contributed by atoms with E-state index in [1.807, 2.05) is 41.0 Å². The molecule has 0 unspecified atom stereocenters. The van der Waals surface area contributed by atoms with Crippen LogP contribution >= 0.6 is 0 Å². The smallest absolute Gasteiger partial charge is 0.168 e. The summed E-state index contributed by atoms with van der Waals surface area (Å²) in [5.74, 6) is 0.394. The Morgan fingerprint density at radius 2 is 1.84 bits per heavy atom. The summed E-state index contributed by atoms with van der Waals surface area (Å²) in [6.45, 7) is 1.74. The Kier molecular flexibility index (Phi) is 2.83. The fourth-order valence-corrected chi connectivity index (χ4v) is 1.94. The molecule has 3 rings (SSSR count).